The number of hydrogen-bond acceptors (Lipinski definition) is 5. The maximum Gasteiger partial charge on any atom is 0.232 e. The van der Waals surface area contributed by atoms with Crippen molar-refractivity contribution in [3.8, 4) is 0 Å². The minimum absolute atomic E-state index is 0.0689. The summed E-state index contributed by atoms with van der Waals surface area (Å²) in [4.78, 5) is 25.9. The summed E-state index contributed by atoms with van der Waals surface area (Å²) in [5.74, 6) is 1.81. The molecule has 6 heteroatoms. The number of nitrogens with zero attached hydrogens (tertiary/aromatic N) is 4. The molecule has 2 aliphatic heterocycles. The smallest absolute Gasteiger partial charge is 0.232 e. The van der Waals surface area contributed by atoms with Crippen LogP contribution in [-0.4, -0.2) is 40.9 Å². The van der Waals surface area contributed by atoms with Crippen LogP contribution in [0, 0.1) is 6.92 Å². The van der Waals surface area contributed by atoms with E-state index in [1.165, 1.54) is 5.56 Å². The predicted octanol–water partition coefficient (Wildman–Crippen LogP) is 2.92. The minimum Gasteiger partial charge on any atom is -0.299 e. The minimum atomic E-state index is -0.0689. The van der Waals surface area contributed by atoms with Gasteiger partial charge >= 0.3 is 0 Å². The van der Waals surface area contributed by atoms with Crippen molar-refractivity contribution in [3.63, 3.8) is 0 Å². The van der Waals surface area contributed by atoms with E-state index in [2.05, 4.69) is 28.7 Å². The van der Waals surface area contributed by atoms with Gasteiger partial charge in [-0.3, -0.25) is 14.6 Å². The Labute approximate surface area is 152 Å². The standard InChI is InChI=1S/C19H24N4OS/c1-13-15-9-16(24)22(3)17(15)21-18(20-13)19(2)6-4-7-23(12-19)10-14-5-8-25-11-14/h5,8,11H,4,6-7,9-10,12H2,1-3H3. The Bertz CT molecular complexity index is 804. The first-order chi connectivity index (χ1) is 12.0. The largest absolute Gasteiger partial charge is 0.299 e. The molecule has 132 valence electrons. The van der Waals surface area contributed by atoms with Gasteiger partial charge in [0.1, 0.15) is 11.6 Å². The van der Waals surface area contributed by atoms with Crippen LogP contribution in [0.4, 0.5) is 5.82 Å². The lowest BCUT2D eigenvalue weighted by Gasteiger charge is -2.39. The Kier molecular flexibility index (Phi) is 4.12. The molecule has 0 spiro atoms. The Hall–Kier alpha value is -1.79. The van der Waals surface area contributed by atoms with Crippen molar-refractivity contribution >= 4 is 23.1 Å². The van der Waals surface area contributed by atoms with Crippen molar-refractivity contribution in [2.24, 2.45) is 0 Å². The maximum atomic E-state index is 12.0. The van der Waals surface area contributed by atoms with Crippen LogP contribution >= 0.6 is 11.3 Å². The van der Waals surface area contributed by atoms with Crippen molar-refractivity contribution in [2.75, 3.05) is 25.0 Å². The van der Waals surface area contributed by atoms with Crippen LogP contribution in [0.1, 0.15) is 42.4 Å². The Morgan fingerprint density at radius 3 is 2.96 bits per heavy atom. The molecule has 0 radical (unpaired) electrons. The molecule has 0 aliphatic carbocycles. The molecule has 1 unspecified atom stereocenters. The Morgan fingerprint density at radius 2 is 2.20 bits per heavy atom. The Morgan fingerprint density at radius 1 is 1.36 bits per heavy atom. The SMILES string of the molecule is Cc1nc(C2(C)CCCN(Cc3ccsc3)C2)nc2c1CC(=O)N2C. The van der Waals surface area contributed by atoms with Crippen LogP contribution in [-0.2, 0) is 23.2 Å². The van der Waals surface area contributed by atoms with Gasteiger partial charge in [-0.15, -0.1) is 0 Å². The van der Waals surface area contributed by atoms with E-state index in [-0.39, 0.29) is 11.3 Å². The lowest BCUT2D eigenvalue weighted by Crippen LogP contribution is -2.45. The maximum absolute atomic E-state index is 12.0. The zero-order valence-electron chi connectivity index (χ0n) is 15.1. The zero-order valence-corrected chi connectivity index (χ0v) is 15.9. The van der Waals surface area contributed by atoms with Crippen molar-refractivity contribution in [2.45, 2.75) is 45.1 Å². The molecular formula is C19H24N4OS. The summed E-state index contributed by atoms with van der Waals surface area (Å²) in [5, 5.41) is 4.36. The number of piperidine rings is 1. The third kappa shape index (κ3) is 2.98. The number of carbonyl (C=O) groups is 1. The molecule has 0 aromatic carbocycles. The summed E-state index contributed by atoms with van der Waals surface area (Å²) >= 11 is 1.75. The fraction of sp³-hybridized carbons (Fsp3) is 0.526. The molecule has 0 N–H and O–H groups in total. The fourth-order valence-corrected chi connectivity index (χ4v) is 4.69. The number of aromatic nitrogens is 2. The number of amides is 1. The second kappa shape index (κ2) is 6.18. The molecule has 25 heavy (non-hydrogen) atoms. The van der Waals surface area contributed by atoms with Crippen LogP contribution in [0.3, 0.4) is 0 Å². The van der Waals surface area contributed by atoms with E-state index < -0.39 is 0 Å². The van der Waals surface area contributed by atoms with E-state index in [1.807, 2.05) is 14.0 Å². The van der Waals surface area contributed by atoms with Gasteiger partial charge < -0.3 is 0 Å². The second-order valence-electron chi connectivity index (χ2n) is 7.57. The van der Waals surface area contributed by atoms with Gasteiger partial charge in [-0.05, 0) is 48.7 Å². The third-order valence-electron chi connectivity index (χ3n) is 5.51. The van der Waals surface area contributed by atoms with Crippen LogP contribution in [0.15, 0.2) is 16.8 Å². The topological polar surface area (TPSA) is 49.3 Å². The summed E-state index contributed by atoms with van der Waals surface area (Å²) in [6.45, 7) is 7.34. The molecule has 1 fully saturated rings. The normalized spacial score (nSPS) is 24.0. The van der Waals surface area contributed by atoms with Gasteiger partial charge in [0.15, 0.2) is 0 Å². The lowest BCUT2D eigenvalue weighted by molar-refractivity contribution is -0.117. The monoisotopic (exact) mass is 356 g/mol. The van der Waals surface area contributed by atoms with Gasteiger partial charge in [0.05, 0.1) is 6.42 Å². The van der Waals surface area contributed by atoms with E-state index in [4.69, 9.17) is 9.97 Å². The highest BCUT2D eigenvalue weighted by Crippen LogP contribution is 2.36. The molecule has 5 nitrogen and oxygen atoms in total. The second-order valence-corrected chi connectivity index (χ2v) is 8.35. The molecule has 0 saturated carbocycles. The van der Waals surface area contributed by atoms with Crippen LogP contribution < -0.4 is 4.90 Å². The van der Waals surface area contributed by atoms with Crippen molar-refractivity contribution in [3.05, 3.63) is 39.5 Å². The zero-order chi connectivity index (χ0) is 17.6. The van der Waals surface area contributed by atoms with E-state index >= 15 is 0 Å². The fourth-order valence-electron chi connectivity index (χ4n) is 4.03. The van der Waals surface area contributed by atoms with Gasteiger partial charge in [-0.25, -0.2) is 9.97 Å². The molecular weight excluding hydrogens is 332 g/mol. The molecule has 1 amide bonds. The summed E-state index contributed by atoms with van der Waals surface area (Å²) in [7, 11) is 1.82. The number of aryl methyl sites for hydroxylation is 1. The number of thiophene rings is 1. The van der Waals surface area contributed by atoms with E-state index in [9.17, 15) is 4.79 Å². The average Bonchev–Trinajstić information content (AvgIpc) is 3.18. The molecule has 2 aliphatic rings. The number of anilines is 1. The van der Waals surface area contributed by atoms with Crippen molar-refractivity contribution in [1.82, 2.24) is 14.9 Å². The molecule has 4 heterocycles. The summed E-state index contributed by atoms with van der Waals surface area (Å²) in [5.41, 5.74) is 3.26. The molecule has 4 rings (SSSR count). The van der Waals surface area contributed by atoms with Gasteiger partial charge in [0, 0.05) is 36.8 Å². The third-order valence-corrected chi connectivity index (χ3v) is 6.25. The van der Waals surface area contributed by atoms with Gasteiger partial charge in [0.2, 0.25) is 5.91 Å². The number of rotatable bonds is 3. The first-order valence-corrected chi connectivity index (χ1v) is 9.78. The summed E-state index contributed by atoms with van der Waals surface area (Å²) < 4.78 is 0. The highest BCUT2D eigenvalue weighted by Gasteiger charge is 2.38. The van der Waals surface area contributed by atoms with Crippen LogP contribution in [0.5, 0.6) is 0 Å². The number of carbonyl (C=O) groups excluding carboxylic acids is 1. The quantitative estimate of drug-likeness (QED) is 0.848. The number of fused-ring (bicyclic) bond motifs is 1. The molecule has 2 aromatic rings. The van der Waals surface area contributed by atoms with Crippen LogP contribution in [0.25, 0.3) is 0 Å². The average molecular weight is 356 g/mol. The molecule has 0 bridgehead atoms. The summed E-state index contributed by atoms with van der Waals surface area (Å²) in [6, 6.07) is 2.20. The van der Waals surface area contributed by atoms with Crippen molar-refractivity contribution in [1.29, 1.82) is 0 Å². The first kappa shape index (κ1) is 16.7. The van der Waals surface area contributed by atoms with E-state index in [1.54, 1.807) is 16.2 Å². The highest BCUT2D eigenvalue weighted by atomic mass is 32.1. The van der Waals surface area contributed by atoms with Gasteiger partial charge in [0.25, 0.3) is 0 Å². The first-order valence-electron chi connectivity index (χ1n) is 8.84. The lowest BCUT2D eigenvalue weighted by atomic mass is 9.80. The highest BCUT2D eigenvalue weighted by molar-refractivity contribution is 7.07. The van der Waals surface area contributed by atoms with Gasteiger partial charge in [-0.2, -0.15) is 11.3 Å². The van der Waals surface area contributed by atoms with Gasteiger partial charge in [-0.1, -0.05) is 6.92 Å². The van der Waals surface area contributed by atoms with E-state index in [0.717, 1.165) is 55.4 Å². The Balaban J connectivity index is 1.62. The van der Waals surface area contributed by atoms with Crippen LogP contribution in [0.2, 0.25) is 0 Å². The number of hydrogen-bond donors (Lipinski definition) is 0. The molecule has 1 atom stereocenters. The van der Waals surface area contributed by atoms with E-state index in [0.29, 0.717) is 6.42 Å². The molecule has 1 saturated heterocycles. The molecule has 2 aromatic heterocycles. The number of likely N-dealkylation sites (tertiary alicyclic amines) is 1. The van der Waals surface area contributed by atoms with Crippen molar-refractivity contribution < 1.29 is 4.79 Å². The predicted molar refractivity (Wildman–Crippen MR) is 100 cm³/mol. The number of likely N-dealkylation sites (N-methyl/N-ethyl adjacent to an activating group) is 1. The summed E-state index contributed by atoms with van der Waals surface area (Å²) in [6.07, 6.45) is 2.66.